The molecule has 2 nitrogen and oxygen atoms in total. The first-order valence-electron chi connectivity index (χ1n) is 4.70. The number of halogens is 6. The first kappa shape index (κ1) is 16.9. The molecule has 0 saturated carbocycles. The molecular weight excluding hydrogens is 281 g/mol. The molecule has 1 rings (SSSR count). The van der Waals surface area contributed by atoms with Gasteiger partial charge in [-0.1, -0.05) is 0 Å². The predicted molar refractivity (Wildman–Crippen MR) is 57.9 cm³/mol. The van der Waals surface area contributed by atoms with Crippen molar-refractivity contribution >= 4 is 12.4 Å². The lowest BCUT2D eigenvalue weighted by atomic mass is 10.0. The first-order valence-corrected chi connectivity index (χ1v) is 4.70. The van der Waals surface area contributed by atoms with Gasteiger partial charge in [0.1, 0.15) is 11.6 Å². The van der Waals surface area contributed by atoms with Gasteiger partial charge in [-0.2, -0.15) is 0 Å². The minimum atomic E-state index is -4.86. The molecule has 18 heavy (non-hydrogen) atoms. The van der Waals surface area contributed by atoms with E-state index in [1.54, 1.807) is 0 Å². The van der Waals surface area contributed by atoms with Crippen LogP contribution in [0.25, 0.3) is 0 Å². The van der Waals surface area contributed by atoms with E-state index in [0.29, 0.717) is 0 Å². The third-order valence-electron chi connectivity index (χ3n) is 2.02. The lowest BCUT2D eigenvalue weighted by Crippen LogP contribution is -2.18. The summed E-state index contributed by atoms with van der Waals surface area (Å²) < 4.78 is 64.6. The van der Waals surface area contributed by atoms with E-state index in [4.69, 9.17) is 5.73 Å². The summed E-state index contributed by atoms with van der Waals surface area (Å²) in [6, 6.07) is 1.45. The second-order valence-corrected chi connectivity index (χ2v) is 3.32. The van der Waals surface area contributed by atoms with Gasteiger partial charge in [0.25, 0.3) is 0 Å². The predicted octanol–water partition coefficient (Wildman–Crippen LogP) is 3.51. The smallest absolute Gasteiger partial charge is 0.406 e. The van der Waals surface area contributed by atoms with E-state index in [9.17, 15) is 22.0 Å². The van der Waals surface area contributed by atoms with E-state index < -0.39 is 30.6 Å². The van der Waals surface area contributed by atoms with Crippen LogP contribution >= 0.6 is 12.4 Å². The highest BCUT2D eigenvalue weighted by atomic mass is 35.5. The molecule has 0 aliphatic rings. The summed E-state index contributed by atoms with van der Waals surface area (Å²) in [5.74, 6) is -1.37. The molecule has 0 aliphatic heterocycles. The second-order valence-electron chi connectivity index (χ2n) is 3.32. The van der Waals surface area contributed by atoms with Crippen LogP contribution < -0.4 is 10.5 Å². The minimum absolute atomic E-state index is 0. The Balaban J connectivity index is 0.00000289. The molecule has 0 spiro atoms. The third-order valence-corrected chi connectivity index (χ3v) is 2.02. The average Bonchev–Trinajstić information content (AvgIpc) is 2.19. The van der Waals surface area contributed by atoms with Crippen LogP contribution in [0.15, 0.2) is 18.2 Å². The Morgan fingerprint density at radius 2 is 1.89 bits per heavy atom. The van der Waals surface area contributed by atoms with Crippen molar-refractivity contribution in [1.82, 2.24) is 0 Å². The maximum atomic E-state index is 13.2. The minimum Gasteiger partial charge on any atom is -0.406 e. The highest BCUT2D eigenvalue weighted by Crippen LogP contribution is 2.27. The van der Waals surface area contributed by atoms with Crippen molar-refractivity contribution in [3.63, 3.8) is 0 Å². The summed E-state index contributed by atoms with van der Waals surface area (Å²) in [6.07, 6.45) is -5.04. The molecule has 0 radical (unpaired) electrons. The van der Waals surface area contributed by atoms with E-state index >= 15 is 0 Å². The fourth-order valence-corrected chi connectivity index (χ4v) is 1.28. The van der Waals surface area contributed by atoms with Crippen LogP contribution in [0.2, 0.25) is 0 Å². The monoisotopic (exact) mass is 291 g/mol. The van der Waals surface area contributed by atoms with Gasteiger partial charge in [-0.15, -0.1) is 25.6 Å². The molecule has 0 aromatic heterocycles. The number of hydrogen-bond acceptors (Lipinski definition) is 2. The van der Waals surface area contributed by atoms with Gasteiger partial charge in [-0.05, 0) is 24.6 Å². The van der Waals surface area contributed by atoms with Crippen molar-refractivity contribution in [3.05, 3.63) is 29.6 Å². The van der Waals surface area contributed by atoms with E-state index in [0.717, 1.165) is 18.2 Å². The lowest BCUT2D eigenvalue weighted by Gasteiger charge is -2.14. The van der Waals surface area contributed by atoms with E-state index in [1.165, 1.54) is 0 Å². The quantitative estimate of drug-likeness (QED) is 0.862. The van der Waals surface area contributed by atoms with Gasteiger partial charge in [0, 0.05) is 11.6 Å². The maximum absolute atomic E-state index is 13.2. The Morgan fingerprint density at radius 1 is 1.28 bits per heavy atom. The molecule has 0 fully saturated rings. The Kier molecular flexibility index (Phi) is 6.34. The summed E-state index contributed by atoms with van der Waals surface area (Å²) in [4.78, 5) is 0. The number of nitrogens with two attached hydrogens (primary N) is 1. The molecule has 1 aromatic rings. The standard InChI is InChI=1S/C10H10F5NO.ClH/c11-4-3-9(16)7-5-6(1-2-8(7)12)17-10(13,14)15;/h1-2,5,9H,3-4,16H2;1H/t9-;/m1./s1. The molecule has 2 N–H and O–H groups in total. The van der Waals surface area contributed by atoms with E-state index in [-0.39, 0.29) is 24.4 Å². The fourth-order valence-electron chi connectivity index (χ4n) is 1.28. The normalized spacial score (nSPS) is 12.8. The third kappa shape index (κ3) is 5.05. The van der Waals surface area contributed by atoms with Crippen LogP contribution in [0.3, 0.4) is 0 Å². The Morgan fingerprint density at radius 3 is 2.39 bits per heavy atom. The molecular formula is C10H11ClF5NO. The van der Waals surface area contributed by atoms with Crippen LogP contribution in [-0.4, -0.2) is 13.0 Å². The first-order chi connectivity index (χ1) is 7.83. The zero-order valence-electron chi connectivity index (χ0n) is 9.01. The van der Waals surface area contributed by atoms with Crippen LogP contribution in [0, 0.1) is 5.82 Å². The van der Waals surface area contributed by atoms with Crippen molar-refractivity contribution in [3.8, 4) is 5.75 Å². The topological polar surface area (TPSA) is 35.2 Å². The summed E-state index contributed by atoms with van der Waals surface area (Å²) in [5, 5.41) is 0. The molecule has 1 aromatic carbocycles. The molecule has 104 valence electrons. The molecule has 8 heteroatoms. The zero-order chi connectivity index (χ0) is 13.1. The Hall–Kier alpha value is -1.08. The van der Waals surface area contributed by atoms with Crippen molar-refractivity contribution in [2.45, 2.75) is 18.8 Å². The highest BCUT2D eigenvalue weighted by molar-refractivity contribution is 5.85. The van der Waals surface area contributed by atoms with Crippen molar-refractivity contribution in [2.75, 3.05) is 6.67 Å². The fraction of sp³-hybridized carbons (Fsp3) is 0.400. The summed E-state index contributed by atoms with van der Waals surface area (Å²) in [7, 11) is 0. The van der Waals surface area contributed by atoms with Crippen LogP contribution in [0.4, 0.5) is 22.0 Å². The van der Waals surface area contributed by atoms with Gasteiger partial charge in [0.15, 0.2) is 0 Å². The summed E-state index contributed by atoms with van der Waals surface area (Å²) in [5.41, 5.74) is 5.22. The lowest BCUT2D eigenvalue weighted by molar-refractivity contribution is -0.274. The summed E-state index contributed by atoms with van der Waals surface area (Å²) >= 11 is 0. The zero-order valence-corrected chi connectivity index (χ0v) is 9.82. The number of benzene rings is 1. The number of rotatable bonds is 4. The van der Waals surface area contributed by atoms with Crippen LogP contribution in [0.5, 0.6) is 5.75 Å². The maximum Gasteiger partial charge on any atom is 0.573 e. The number of ether oxygens (including phenoxy) is 1. The average molecular weight is 292 g/mol. The van der Waals surface area contributed by atoms with E-state index in [1.807, 2.05) is 0 Å². The Bertz CT molecular complexity index is 385. The van der Waals surface area contributed by atoms with E-state index in [2.05, 4.69) is 4.74 Å². The SMILES string of the molecule is Cl.N[C@H](CCF)c1cc(OC(F)(F)F)ccc1F. The molecule has 0 unspecified atom stereocenters. The molecule has 1 atom stereocenters. The highest BCUT2D eigenvalue weighted by Gasteiger charge is 2.31. The van der Waals surface area contributed by atoms with Gasteiger partial charge in [-0.25, -0.2) is 4.39 Å². The second kappa shape index (κ2) is 6.75. The molecule has 0 bridgehead atoms. The van der Waals surface area contributed by atoms with Gasteiger partial charge in [-0.3, -0.25) is 4.39 Å². The largest absolute Gasteiger partial charge is 0.573 e. The van der Waals surface area contributed by atoms with Crippen molar-refractivity contribution in [2.24, 2.45) is 5.73 Å². The van der Waals surface area contributed by atoms with Crippen LogP contribution in [-0.2, 0) is 0 Å². The number of alkyl halides is 4. The molecule has 0 heterocycles. The van der Waals surface area contributed by atoms with Crippen molar-refractivity contribution in [1.29, 1.82) is 0 Å². The molecule has 0 amide bonds. The van der Waals surface area contributed by atoms with Gasteiger partial charge >= 0.3 is 6.36 Å². The number of hydrogen-bond donors (Lipinski definition) is 1. The Labute approximate surface area is 106 Å². The van der Waals surface area contributed by atoms with Gasteiger partial charge in [0.2, 0.25) is 0 Å². The molecule has 0 aliphatic carbocycles. The molecule has 0 saturated heterocycles. The van der Waals surface area contributed by atoms with Gasteiger partial charge in [0.05, 0.1) is 6.67 Å². The van der Waals surface area contributed by atoms with Crippen LogP contribution in [0.1, 0.15) is 18.0 Å². The van der Waals surface area contributed by atoms with Gasteiger partial charge < -0.3 is 10.5 Å². The summed E-state index contributed by atoms with van der Waals surface area (Å²) in [6.45, 7) is -0.787. The van der Waals surface area contributed by atoms with Crippen molar-refractivity contribution < 1.29 is 26.7 Å².